The monoisotopic (exact) mass is 242 g/mol. The first-order valence-corrected chi connectivity index (χ1v) is 5.79. The topological polar surface area (TPSA) is 80.3 Å². The maximum absolute atomic E-state index is 11.4. The number of carbonyl (C=O) groups is 1. The van der Waals surface area contributed by atoms with Gasteiger partial charge in [-0.1, -0.05) is 0 Å². The zero-order valence-electron chi connectivity index (χ0n) is 8.93. The third-order valence-electron chi connectivity index (χ3n) is 1.40. The Labute approximate surface area is 88.1 Å². The quantitative estimate of drug-likeness (QED) is 0.377. The molecule has 0 aromatic carbocycles. The summed E-state index contributed by atoms with van der Waals surface area (Å²) < 4.78 is 34.2. The fraction of sp³-hybridized carbons (Fsp3) is 0.857. The fourth-order valence-electron chi connectivity index (χ4n) is 0.562. The Morgan fingerprint density at radius 3 is 2.13 bits per heavy atom. The van der Waals surface area contributed by atoms with Gasteiger partial charge in [-0.25, -0.2) is 4.79 Å². The van der Waals surface area contributed by atoms with Gasteiger partial charge in [-0.2, -0.15) is 0 Å². The van der Waals surface area contributed by atoms with Gasteiger partial charge >= 0.3 is 13.8 Å². The molecule has 0 atom stereocenters. The van der Waals surface area contributed by atoms with Gasteiger partial charge in [0.15, 0.2) is 6.35 Å². The van der Waals surface area contributed by atoms with Crippen LogP contribution in [0.4, 0.5) is 4.79 Å². The molecule has 0 radical (unpaired) electrons. The van der Waals surface area contributed by atoms with Crippen molar-refractivity contribution in [2.75, 3.05) is 40.9 Å². The number of ether oxygens (including phenoxy) is 3. The summed E-state index contributed by atoms with van der Waals surface area (Å²) >= 11 is 0. The van der Waals surface area contributed by atoms with Gasteiger partial charge in [-0.3, -0.25) is 4.57 Å². The summed E-state index contributed by atoms with van der Waals surface area (Å²) in [6.45, 7) is 0.334. The molecular formula is C7H15O7P. The molecule has 0 N–H and O–H groups in total. The first-order chi connectivity index (χ1) is 7.08. The molecule has 0 aromatic rings. The predicted molar refractivity (Wildman–Crippen MR) is 50.8 cm³/mol. The fourth-order valence-corrected chi connectivity index (χ4v) is 1.19. The van der Waals surface area contributed by atoms with Crippen molar-refractivity contribution in [2.45, 2.75) is 0 Å². The van der Waals surface area contributed by atoms with Gasteiger partial charge in [0, 0.05) is 21.3 Å². The maximum atomic E-state index is 11.4. The van der Waals surface area contributed by atoms with Crippen LogP contribution in [0.1, 0.15) is 0 Å². The number of hydrogen-bond donors (Lipinski definition) is 0. The average molecular weight is 242 g/mol. The Kier molecular flexibility index (Phi) is 7.33. The standard InChI is InChI=1S/C7H15O7P/c1-10-4-5-13-7(8)14-6-15(9,11-2)12-3/h4-6H2,1-3H3. The molecule has 0 fully saturated rings. The SMILES string of the molecule is COCCOC(=O)OCP(=O)(OC)OC. The molecule has 0 aromatic heterocycles. The highest BCUT2D eigenvalue weighted by molar-refractivity contribution is 7.53. The molecule has 0 rings (SSSR count). The largest absolute Gasteiger partial charge is 0.508 e. The summed E-state index contributed by atoms with van der Waals surface area (Å²) in [6.07, 6.45) is -1.42. The van der Waals surface area contributed by atoms with Crippen LogP contribution in [0.5, 0.6) is 0 Å². The number of carbonyl (C=O) groups excluding carboxylic acids is 1. The van der Waals surface area contributed by atoms with Crippen LogP contribution in [0.15, 0.2) is 0 Å². The van der Waals surface area contributed by atoms with E-state index < -0.39 is 20.1 Å². The molecule has 0 aliphatic carbocycles. The highest BCUT2D eigenvalue weighted by Gasteiger charge is 2.23. The van der Waals surface area contributed by atoms with E-state index in [2.05, 4.69) is 23.3 Å². The van der Waals surface area contributed by atoms with E-state index in [-0.39, 0.29) is 13.2 Å². The van der Waals surface area contributed by atoms with E-state index in [1.807, 2.05) is 0 Å². The predicted octanol–water partition coefficient (Wildman–Crippen LogP) is 1.23. The Balaban J connectivity index is 3.74. The Hall–Kier alpha value is -0.620. The summed E-state index contributed by atoms with van der Waals surface area (Å²) in [7, 11) is 0.539. The lowest BCUT2D eigenvalue weighted by Crippen LogP contribution is -2.12. The van der Waals surface area contributed by atoms with Crippen LogP contribution in [0.2, 0.25) is 0 Å². The first kappa shape index (κ1) is 14.4. The minimum absolute atomic E-state index is 0.0690. The van der Waals surface area contributed by atoms with E-state index in [0.717, 1.165) is 0 Å². The zero-order valence-corrected chi connectivity index (χ0v) is 9.82. The molecule has 0 amide bonds. The minimum atomic E-state index is -3.33. The van der Waals surface area contributed by atoms with E-state index in [1.54, 1.807) is 0 Å². The lowest BCUT2D eigenvalue weighted by Gasteiger charge is -2.13. The molecule has 0 aliphatic heterocycles. The van der Waals surface area contributed by atoms with Gasteiger partial charge < -0.3 is 23.3 Å². The highest BCUT2D eigenvalue weighted by atomic mass is 31.2. The van der Waals surface area contributed by atoms with Crippen LogP contribution in [-0.2, 0) is 27.8 Å². The average Bonchev–Trinajstić information content (AvgIpc) is 2.26. The third-order valence-corrected chi connectivity index (χ3v) is 2.96. The molecule has 0 spiro atoms. The summed E-state index contributed by atoms with van der Waals surface area (Å²) in [5.74, 6) is 0. The summed E-state index contributed by atoms with van der Waals surface area (Å²) in [6, 6.07) is 0. The van der Waals surface area contributed by atoms with Crippen molar-refractivity contribution in [2.24, 2.45) is 0 Å². The highest BCUT2D eigenvalue weighted by Crippen LogP contribution is 2.46. The second-order valence-corrected chi connectivity index (χ2v) is 4.55. The van der Waals surface area contributed by atoms with E-state index in [9.17, 15) is 9.36 Å². The smallest absolute Gasteiger partial charge is 0.432 e. The first-order valence-electron chi connectivity index (χ1n) is 4.07. The normalized spacial score (nSPS) is 11.1. The van der Waals surface area contributed by atoms with Gasteiger partial charge in [-0.05, 0) is 0 Å². The molecule has 0 heterocycles. The molecular weight excluding hydrogens is 227 g/mol. The van der Waals surface area contributed by atoms with Gasteiger partial charge in [0.05, 0.1) is 6.61 Å². The van der Waals surface area contributed by atoms with E-state index in [4.69, 9.17) is 0 Å². The second kappa shape index (κ2) is 7.64. The summed E-state index contributed by atoms with van der Waals surface area (Å²) in [4.78, 5) is 10.9. The van der Waals surface area contributed by atoms with Crippen molar-refractivity contribution in [3.05, 3.63) is 0 Å². The van der Waals surface area contributed by atoms with Crippen molar-refractivity contribution < 1.29 is 32.6 Å². The van der Waals surface area contributed by atoms with Crippen molar-refractivity contribution in [3.63, 3.8) is 0 Å². The molecule has 0 saturated heterocycles. The number of hydrogen-bond acceptors (Lipinski definition) is 7. The van der Waals surface area contributed by atoms with Crippen molar-refractivity contribution in [3.8, 4) is 0 Å². The minimum Gasteiger partial charge on any atom is -0.432 e. The van der Waals surface area contributed by atoms with E-state index in [0.29, 0.717) is 0 Å². The van der Waals surface area contributed by atoms with Gasteiger partial charge in [0.2, 0.25) is 0 Å². The number of methoxy groups -OCH3 is 1. The lowest BCUT2D eigenvalue weighted by molar-refractivity contribution is 0.0419. The number of rotatable bonds is 7. The maximum Gasteiger partial charge on any atom is 0.508 e. The van der Waals surface area contributed by atoms with Crippen LogP contribution in [0, 0.1) is 0 Å². The van der Waals surface area contributed by atoms with Gasteiger partial charge in [-0.15, -0.1) is 0 Å². The lowest BCUT2D eigenvalue weighted by atomic mass is 10.8. The van der Waals surface area contributed by atoms with Crippen molar-refractivity contribution in [1.82, 2.24) is 0 Å². The molecule has 15 heavy (non-hydrogen) atoms. The van der Waals surface area contributed by atoms with Gasteiger partial charge in [0.25, 0.3) is 0 Å². The Morgan fingerprint density at radius 1 is 1.07 bits per heavy atom. The zero-order chi connectivity index (χ0) is 11.7. The molecule has 0 bridgehead atoms. The van der Waals surface area contributed by atoms with Crippen molar-refractivity contribution >= 4 is 13.8 Å². The van der Waals surface area contributed by atoms with Gasteiger partial charge in [0.1, 0.15) is 6.61 Å². The molecule has 0 unspecified atom stereocenters. The summed E-state index contributed by atoms with van der Waals surface area (Å²) in [5.41, 5.74) is 0. The summed E-state index contributed by atoms with van der Waals surface area (Å²) in [5, 5.41) is 0. The Bertz CT molecular complexity index is 221. The van der Waals surface area contributed by atoms with E-state index >= 15 is 0 Å². The molecule has 0 aliphatic rings. The van der Waals surface area contributed by atoms with Crippen LogP contribution in [0.25, 0.3) is 0 Å². The molecule has 8 heteroatoms. The Morgan fingerprint density at radius 2 is 1.67 bits per heavy atom. The van der Waals surface area contributed by atoms with Crippen LogP contribution < -0.4 is 0 Å². The third kappa shape index (κ3) is 6.46. The van der Waals surface area contributed by atoms with Crippen LogP contribution in [0.3, 0.4) is 0 Å². The second-order valence-electron chi connectivity index (χ2n) is 2.34. The van der Waals surface area contributed by atoms with E-state index in [1.165, 1.54) is 21.3 Å². The van der Waals surface area contributed by atoms with Crippen LogP contribution in [-0.4, -0.2) is 47.0 Å². The molecule has 0 saturated carbocycles. The molecule has 90 valence electrons. The molecule has 7 nitrogen and oxygen atoms in total. The van der Waals surface area contributed by atoms with Crippen molar-refractivity contribution in [1.29, 1.82) is 0 Å². The van der Waals surface area contributed by atoms with Crippen LogP contribution >= 0.6 is 7.60 Å².